The Balaban J connectivity index is 1.77. The molecule has 0 heterocycles. The third-order valence-electron chi connectivity index (χ3n) is 5.78. The van der Waals surface area contributed by atoms with Crippen molar-refractivity contribution in [1.29, 1.82) is 0 Å². The smallest absolute Gasteiger partial charge is 0.335 e. The monoisotopic (exact) mass is 418 g/mol. The maximum Gasteiger partial charge on any atom is 0.335 e. The highest BCUT2D eigenvalue weighted by molar-refractivity contribution is 6.73. The second-order valence-electron chi connectivity index (χ2n) is 7.48. The molecule has 0 aliphatic carbocycles. The molecule has 0 bridgehead atoms. The minimum absolute atomic E-state index is 0.248. The van der Waals surface area contributed by atoms with Gasteiger partial charge in [0, 0.05) is 6.08 Å². The lowest BCUT2D eigenvalue weighted by Gasteiger charge is -2.32. The third-order valence-corrected chi connectivity index (χ3v) is 10.4. The predicted molar refractivity (Wildman–Crippen MR) is 126 cm³/mol. The molecule has 0 fully saturated rings. The standard InChI is InChI=1S/C26H30O3Si/c1-4-30(5-2,6-3)29-25(22-13-8-7-9-14-22)18-19-26(27)28-24-17-16-21-12-10-11-15-23(21)20-24/h7-20,25H,4-6H2,1-3H3/b19-18+. The molecule has 0 radical (unpaired) electrons. The lowest BCUT2D eigenvalue weighted by Crippen LogP contribution is -2.37. The zero-order valence-electron chi connectivity index (χ0n) is 18.0. The van der Waals surface area contributed by atoms with Crippen molar-refractivity contribution < 1.29 is 14.0 Å². The molecule has 3 aromatic rings. The van der Waals surface area contributed by atoms with Gasteiger partial charge in [-0.3, -0.25) is 0 Å². The van der Waals surface area contributed by atoms with E-state index in [1.807, 2.05) is 78.9 Å². The lowest BCUT2D eigenvalue weighted by molar-refractivity contribution is -0.129. The molecule has 0 N–H and O–H groups in total. The molecule has 0 saturated carbocycles. The Labute approximate surface area is 180 Å². The highest BCUT2D eigenvalue weighted by atomic mass is 28.4. The first-order valence-corrected chi connectivity index (χ1v) is 13.2. The van der Waals surface area contributed by atoms with Crippen LogP contribution in [0.4, 0.5) is 0 Å². The number of carbonyl (C=O) groups excluding carboxylic acids is 1. The second kappa shape index (κ2) is 10.4. The van der Waals surface area contributed by atoms with Gasteiger partial charge in [0.25, 0.3) is 0 Å². The number of benzene rings is 3. The van der Waals surface area contributed by atoms with Gasteiger partial charge in [-0.15, -0.1) is 0 Å². The SMILES string of the molecule is CC[Si](CC)(CC)OC(/C=C/C(=O)Oc1ccc2ccccc2c1)c1ccccc1. The van der Waals surface area contributed by atoms with Crippen LogP contribution in [0, 0.1) is 0 Å². The van der Waals surface area contributed by atoms with Crippen LogP contribution >= 0.6 is 0 Å². The summed E-state index contributed by atoms with van der Waals surface area (Å²) in [6, 6.07) is 26.9. The van der Waals surface area contributed by atoms with Crippen LogP contribution in [0.1, 0.15) is 32.4 Å². The molecule has 0 amide bonds. The Morgan fingerprint density at radius 3 is 2.17 bits per heavy atom. The van der Waals surface area contributed by atoms with Crippen molar-refractivity contribution in [2.24, 2.45) is 0 Å². The average molecular weight is 419 g/mol. The summed E-state index contributed by atoms with van der Waals surface area (Å²) in [5.41, 5.74) is 1.06. The highest BCUT2D eigenvalue weighted by Gasteiger charge is 2.31. The van der Waals surface area contributed by atoms with Crippen molar-refractivity contribution in [1.82, 2.24) is 0 Å². The summed E-state index contributed by atoms with van der Waals surface area (Å²) < 4.78 is 12.2. The third kappa shape index (κ3) is 5.46. The van der Waals surface area contributed by atoms with Gasteiger partial charge in [0.2, 0.25) is 0 Å². The van der Waals surface area contributed by atoms with E-state index in [9.17, 15) is 4.79 Å². The van der Waals surface area contributed by atoms with Gasteiger partial charge < -0.3 is 9.16 Å². The van der Waals surface area contributed by atoms with E-state index in [0.29, 0.717) is 5.75 Å². The number of ether oxygens (including phenoxy) is 1. The van der Waals surface area contributed by atoms with Crippen LogP contribution in [0.3, 0.4) is 0 Å². The summed E-state index contributed by atoms with van der Waals surface area (Å²) in [4.78, 5) is 12.5. The summed E-state index contributed by atoms with van der Waals surface area (Å²) in [5, 5.41) is 2.16. The molecular weight excluding hydrogens is 388 g/mol. The van der Waals surface area contributed by atoms with E-state index in [1.54, 1.807) is 0 Å². The van der Waals surface area contributed by atoms with Crippen molar-refractivity contribution in [3.8, 4) is 5.75 Å². The molecule has 3 rings (SSSR count). The number of hydrogen-bond acceptors (Lipinski definition) is 3. The molecular formula is C26H30O3Si. The van der Waals surface area contributed by atoms with E-state index in [2.05, 4.69) is 20.8 Å². The van der Waals surface area contributed by atoms with Crippen molar-refractivity contribution >= 4 is 25.1 Å². The predicted octanol–water partition coefficient (Wildman–Crippen LogP) is 7.06. The molecule has 0 spiro atoms. The Hall–Kier alpha value is -2.69. The van der Waals surface area contributed by atoms with E-state index < -0.39 is 14.3 Å². The molecule has 1 atom stereocenters. The molecule has 4 heteroatoms. The largest absolute Gasteiger partial charge is 0.423 e. The number of esters is 1. The van der Waals surface area contributed by atoms with Crippen LogP contribution in [0.15, 0.2) is 84.9 Å². The summed E-state index contributed by atoms with van der Waals surface area (Å²) in [6.45, 7) is 6.62. The van der Waals surface area contributed by atoms with E-state index in [1.165, 1.54) is 6.08 Å². The van der Waals surface area contributed by atoms with E-state index in [-0.39, 0.29) is 6.10 Å². The summed E-state index contributed by atoms with van der Waals surface area (Å²) >= 11 is 0. The van der Waals surface area contributed by atoms with Crippen LogP contribution < -0.4 is 4.74 Å². The fourth-order valence-electron chi connectivity index (χ4n) is 3.68. The van der Waals surface area contributed by atoms with E-state index >= 15 is 0 Å². The summed E-state index contributed by atoms with van der Waals surface area (Å²) in [5.74, 6) is 0.145. The first-order chi connectivity index (χ1) is 14.6. The van der Waals surface area contributed by atoms with Gasteiger partial charge in [0.05, 0.1) is 6.10 Å². The zero-order valence-corrected chi connectivity index (χ0v) is 19.0. The van der Waals surface area contributed by atoms with Gasteiger partial charge in [-0.2, -0.15) is 0 Å². The lowest BCUT2D eigenvalue weighted by atomic mass is 10.1. The molecule has 0 aliphatic heterocycles. The Morgan fingerprint density at radius 1 is 0.867 bits per heavy atom. The van der Waals surface area contributed by atoms with Crippen molar-refractivity contribution in [3.63, 3.8) is 0 Å². The number of carbonyl (C=O) groups is 1. The maximum atomic E-state index is 12.5. The second-order valence-corrected chi connectivity index (χ2v) is 12.2. The minimum Gasteiger partial charge on any atom is -0.423 e. The highest BCUT2D eigenvalue weighted by Crippen LogP contribution is 2.30. The fraction of sp³-hybridized carbons (Fsp3) is 0.269. The topological polar surface area (TPSA) is 35.5 Å². The van der Waals surface area contributed by atoms with E-state index in [4.69, 9.17) is 9.16 Å². The summed E-state index contributed by atoms with van der Waals surface area (Å²) in [6.07, 6.45) is 3.08. The van der Waals surface area contributed by atoms with Crippen LogP contribution in [0.25, 0.3) is 10.8 Å². The molecule has 3 nitrogen and oxygen atoms in total. The minimum atomic E-state index is -1.84. The molecule has 0 aliphatic rings. The van der Waals surface area contributed by atoms with Gasteiger partial charge in [0.1, 0.15) is 5.75 Å². The first-order valence-electron chi connectivity index (χ1n) is 10.7. The van der Waals surface area contributed by atoms with Gasteiger partial charge in [-0.25, -0.2) is 4.79 Å². The number of fused-ring (bicyclic) bond motifs is 1. The average Bonchev–Trinajstić information content (AvgIpc) is 2.80. The fourth-order valence-corrected chi connectivity index (χ4v) is 6.43. The van der Waals surface area contributed by atoms with Gasteiger partial charge in [0.15, 0.2) is 8.32 Å². The first kappa shape index (κ1) is 22.0. The van der Waals surface area contributed by atoms with E-state index in [0.717, 1.165) is 34.5 Å². The van der Waals surface area contributed by atoms with Gasteiger partial charge in [-0.05, 0) is 52.7 Å². The molecule has 0 aromatic heterocycles. The quantitative estimate of drug-likeness (QED) is 0.161. The van der Waals surface area contributed by atoms with Crippen molar-refractivity contribution in [2.45, 2.75) is 45.0 Å². The zero-order chi connectivity index (χ0) is 21.4. The van der Waals surface area contributed by atoms with Crippen molar-refractivity contribution in [2.75, 3.05) is 0 Å². The van der Waals surface area contributed by atoms with Crippen LogP contribution in [-0.2, 0) is 9.22 Å². The van der Waals surface area contributed by atoms with Gasteiger partial charge in [-0.1, -0.05) is 81.4 Å². The Morgan fingerprint density at radius 2 is 1.50 bits per heavy atom. The molecule has 3 aromatic carbocycles. The normalized spacial score (nSPS) is 12.9. The molecule has 156 valence electrons. The van der Waals surface area contributed by atoms with Crippen LogP contribution in [-0.4, -0.2) is 14.3 Å². The maximum absolute atomic E-state index is 12.5. The number of hydrogen-bond donors (Lipinski definition) is 0. The molecule has 30 heavy (non-hydrogen) atoms. The van der Waals surface area contributed by atoms with Crippen LogP contribution in [0.2, 0.25) is 18.1 Å². The Kier molecular flexibility index (Phi) is 7.61. The Bertz CT molecular complexity index is 985. The molecule has 1 unspecified atom stereocenters. The summed E-state index contributed by atoms with van der Waals surface area (Å²) in [7, 11) is -1.84. The van der Waals surface area contributed by atoms with Crippen molar-refractivity contribution in [3.05, 3.63) is 90.5 Å². The van der Waals surface area contributed by atoms with Crippen LogP contribution in [0.5, 0.6) is 5.75 Å². The number of rotatable bonds is 9. The van der Waals surface area contributed by atoms with Gasteiger partial charge >= 0.3 is 5.97 Å². The molecule has 0 saturated heterocycles.